The second kappa shape index (κ2) is 5.42. The average Bonchev–Trinajstić information content (AvgIpc) is 2.19. The van der Waals surface area contributed by atoms with E-state index in [1.165, 1.54) is 7.11 Å². The standard InChI is InChI=1S/C10H18N2O5/c1-7(2)8(9(13)16-3)11-10(4-12(14)15)5-17-6-10/h7-8,11H,4-6H2,1-3H3/t8-/m0/s1. The SMILES string of the molecule is COC(=O)[C@@H](NC1(C[N+](=O)[O-])COC1)C(C)C. The number of ether oxygens (including phenoxy) is 2. The topological polar surface area (TPSA) is 90.7 Å². The zero-order valence-electron chi connectivity index (χ0n) is 10.3. The molecule has 1 atom stereocenters. The number of nitrogens with one attached hydrogen (secondary N) is 1. The third-order valence-corrected chi connectivity index (χ3v) is 2.77. The van der Waals surface area contributed by atoms with E-state index in [9.17, 15) is 14.9 Å². The Morgan fingerprint density at radius 2 is 2.18 bits per heavy atom. The number of hydrogen-bond donors (Lipinski definition) is 1. The van der Waals surface area contributed by atoms with Crippen molar-refractivity contribution >= 4 is 5.97 Å². The van der Waals surface area contributed by atoms with Crippen LogP contribution in [0.4, 0.5) is 0 Å². The van der Waals surface area contributed by atoms with Crippen molar-refractivity contribution in [3.8, 4) is 0 Å². The van der Waals surface area contributed by atoms with E-state index in [0.29, 0.717) is 0 Å². The van der Waals surface area contributed by atoms with E-state index in [1.807, 2.05) is 13.8 Å². The Labute approximate surface area is 99.6 Å². The monoisotopic (exact) mass is 246 g/mol. The van der Waals surface area contributed by atoms with Crippen LogP contribution in [0.25, 0.3) is 0 Å². The van der Waals surface area contributed by atoms with Gasteiger partial charge in [-0.1, -0.05) is 13.8 Å². The molecule has 1 N–H and O–H groups in total. The Kier molecular flexibility index (Phi) is 4.41. The van der Waals surface area contributed by atoms with Gasteiger partial charge in [-0.15, -0.1) is 0 Å². The summed E-state index contributed by atoms with van der Waals surface area (Å²) in [5.74, 6) is -0.415. The Hall–Kier alpha value is -1.21. The van der Waals surface area contributed by atoms with Crippen LogP contribution in [0.5, 0.6) is 0 Å². The summed E-state index contributed by atoms with van der Waals surface area (Å²) in [5, 5.41) is 13.6. The van der Waals surface area contributed by atoms with Gasteiger partial charge in [0, 0.05) is 4.92 Å². The fraction of sp³-hybridized carbons (Fsp3) is 0.900. The van der Waals surface area contributed by atoms with Crippen LogP contribution in [0.1, 0.15) is 13.8 Å². The Balaban J connectivity index is 2.70. The van der Waals surface area contributed by atoms with Crippen molar-refractivity contribution < 1.29 is 19.2 Å². The first-order valence-electron chi connectivity index (χ1n) is 5.45. The molecule has 0 aromatic carbocycles. The van der Waals surface area contributed by atoms with Crippen molar-refractivity contribution in [3.63, 3.8) is 0 Å². The van der Waals surface area contributed by atoms with E-state index < -0.39 is 22.5 Å². The van der Waals surface area contributed by atoms with Crippen molar-refractivity contribution in [2.75, 3.05) is 26.9 Å². The van der Waals surface area contributed by atoms with Crippen LogP contribution in [0.15, 0.2) is 0 Å². The molecule has 0 aliphatic carbocycles. The Bertz CT molecular complexity index is 301. The second-order valence-corrected chi connectivity index (χ2v) is 4.65. The zero-order valence-corrected chi connectivity index (χ0v) is 10.3. The lowest BCUT2D eigenvalue weighted by atomic mass is 9.93. The van der Waals surface area contributed by atoms with Crippen molar-refractivity contribution in [3.05, 3.63) is 10.1 Å². The molecule has 1 heterocycles. The summed E-state index contributed by atoms with van der Waals surface area (Å²) in [6, 6.07) is -0.552. The van der Waals surface area contributed by atoms with E-state index in [0.717, 1.165) is 0 Å². The number of hydrogen-bond acceptors (Lipinski definition) is 6. The fourth-order valence-corrected chi connectivity index (χ4v) is 1.77. The van der Waals surface area contributed by atoms with Gasteiger partial charge in [0.15, 0.2) is 0 Å². The van der Waals surface area contributed by atoms with Gasteiger partial charge in [0.05, 0.1) is 20.3 Å². The third kappa shape index (κ3) is 3.37. The van der Waals surface area contributed by atoms with Gasteiger partial charge in [0.2, 0.25) is 6.54 Å². The molecular formula is C10H18N2O5. The van der Waals surface area contributed by atoms with Crippen molar-refractivity contribution in [2.45, 2.75) is 25.4 Å². The van der Waals surface area contributed by atoms with Crippen LogP contribution in [-0.2, 0) is 14.3 Å². The molecule has 7 heteroatoms. The van der Waals surface area contributed by atoms with Gasteiger partial charge in [-0.05, 0) is 5.92 Å². The van der Waals surface area contributed by atoms with Crippen LogP contribution in [-0.4, -0.2) is 49.3 Å². The normalized spacial score (nSPS) is 19.5. The van der Waals surface area contributed by atoms with Crippen LogP contribution in [0, 0.1) is 16.0 Å². The van der Waals surface area contributed by atoms with Crippen molar-refractivity contribution in [1.82, 2.24) is 5.32 Å². The Morgan fingerprint density at radius 1 is 1.59 bits per heavy atom. The quantitative estimate of drug-likeness (QED) is 0.397. The summed E-state index contributed by atoms with van der Waals surface area (Å²) < 4.78 is 9.70. The summed E-state index contributed by atoms with van der Waals surface area (Å²) in [4.78, 5) is 21.8. The van der Waals surface area contributed by atoms with Crippen molar-refractivity contribution in [2.24, 2.45) is 5.92 Å². The second-order valence-electron chi connectivity index (χ2n) is 4.65. The largest absolute Gasteiger partial charge is 0.468 e. The van der Waals surface area contributed by atoms with E-state index in [4.69, 9.17) is 4.74 Å². The van der Waals surface area contributed by atoms with Gasteiger partial charge in [-0.25, -0.2) is 0 Å². The van der Waals surface area contributed by atoms with Crippen LogP contribution in [0.3, 0.4) is 0 Å². The van der Waals surface area contributed by atoms with E-state index in [2.05, 4.69) is 10.1 Å². The number of nitro groups is 1. The minimum Gasteiger partial charge on any atom is -0.468 e. The molecule has 0 amide bonds. The summed E-state index contributed by atoms with van der Waals surface area (Å²) in [5.41, 5.74) is -0.743. The van der Waals surface area contributed by atoms with Gasteiger partial charge in [-0.2, -0.15) is 0 Å². The molecule has 1 aliphatic rings. The predicted molar refractivity (Wildman–Crippen MR) is 59.2 cm³/mol. The summed E-state index contributed by atoms with van der Waals surface area (Å²) in [6.07, 6.45) is 0. The molecule has 17 heavy (non-hydrogen) atoms. The third-order valence-electron chi connectivity index (χ3n) is 2.77. The maximum atomic E-state index is 11.6. The van der Waals surface area contributed by atoms with Crippen LogP contribution >= 0.6 is 0 Å². The highest BCUT2D eigenvalue weighted by Crippen LogP contribution is 2.20. The van der Waals surface area contributed by atoms with Gasteiger partial charge in [0.25, 0.3) is 0 Å². The molecule has 98 valence electrons. The summed E-state index contributed by atoms with van der Waals surface area (Å²) in [6.45, 7) is 3.94. The van der Waals surface area contributed by atoms with E-state index >= 15 is 0 Å². The lowest BCUT2D eigenvalue weighted by Gasteiger charge is -2.41. The molecule has 1 saturated heterocycles. The number of carbonyl (C=O) groups is 1. The number of methoxy groups -OCH3 is 1. The molecule has 1 fully saturated rings. The molecule has 0 saturated carbocycles. The number of nitrogens with zero attached hydrogens (tertiary/aromatic N) is 1. The lowest BCUT2D eigenvalue weighted by molar-refractivity contribution is -0.499. The molecule has 0 aromatic rings. The first-order chi connectivity index (χ1) is 7.90. The summed E-state index contributed by atoms with van der Waals surface area (Å²) >= 11 is 0. The average molecular weight is 246 g/mol. The fourth-order valence-electron chi connectivity index (χ4n) is 1.77. The molecular weight excluding hydrogens is 228 g/mol. The predicted octanol–water partition coefficient (Wildman–Crippen LogP) is -0.181. The first kappa shape index (κ1) is 13.9. The van der Waals surface area contributed by atoms with Gasteiger partial charge in [0.1, 0.15) is 11.6 Å². The van der Waals surface area contributed by atoms with Crippen LogP contribution < -0.4 is 5.32 Å². The van der Waals surface area contributed by atoms with E-state index in [-0.39, 0.29) is 25.7 Å². The molecule has 0 radical (unpaired) electrons. The molecule has 7 nitrogen and oxygen atoms in total. The zero-order chi connectivity index (χ0) is 13.1. The molecule has 0 unspecified atom stereocenters. The first-order valence-corrected chi connectivity index (χ1v) is 5.45. The maximum absolute atomic E-state index is 11.6. The lowest BCUT2D eigenvalue weighted by Crippen LogP contribution is -2.68. The maximum Gasteiger partial charge on any atom is 0.323 e. The minimum atomic E-state index is -0.743. The molecule has 0 spiro atoms. The number of esters is 1. The van der Waals surface area contributed by atoms with Gasteiger partial charge < -0.3 is 9.47 Å². The number of carbonyl (C=O) groups excluding carboxylic acids is 1. The molecule has 1 aliphatic heterocycles. The highest BCUT2D eigenvalue weighted by Gasteiger charge is 2.46. The van der Waals surface area contributed by atoms with Gasteiger partial charge in [-0.3, -0.25) is 20.2 Å². The molecule has 1 rings (SSSR count). The van der Waals surface area contributed by atoms with Crippen molar-refractivity contribution in [1.29, 1.82) is 0 Å². The van der Waals surface area contributed by atoms with Crippen LogP contribution in [0.2, 0.25) is 0 Å². The summed E-state index contributed by atoms with van der Waals surface area (Å²) in [7, 11) is 1.30. The Morgan fingerprint density at radius 3 is 2.47 bits per heavy atom. The minimum absolute atomic E-state index is 0.00770. The highest BCUT2D eigenvalue weighted by atomic mass is 16.6. The molecule has 0 bridgehead atoms. The number of rotatable bonds is 6. The van der Waals surface area contributed by atoms with E-state index in [1.54, 1.807) is 0 Å². The molecule has 0 aromatic heterocycles. The van der Waals surface area contributed by atoms with Gasteiger partial charge >= 0.3 is 5.97 Å². The smallest absolute Gasteiger partial charge is 0.323 e. The highest BCUT2D eigenvalue weighted by molar-refractivity contribution is 5.76.